The van der Waals surface area contributed by atoms with Gasteiger partial charge in [0.05, 0.1) is 0 Å². The average Bonchev–Trinajstić information content (AvgIpc) is 2.40. The summed E-state index contributed by atoms with van der Waals surface area (Å²) >= 11 is 0. The lowest BCUT2D eigenvalue weighted by Gasteiger charge is -1.96. The summed E-state index contributed by atoms with van der Waals surface area (Å²) in [5, 5.41) is 6.64. The van der Waals surface area contributed by atoms with Crippen molar-refractivity contribution in [2.75, 3.05) is 0 Å². The fourth-order valence-electron chi connectivity index (χ4n) is 1.56. The molecule has 0 aromatic carbocycles. The number of nitrogens with zero attached hydrogens (tertiary/aromatic N) is 2. The Morgan fingerprint density at radius 1 is 1.64 bits per heavy atom. The highest BCUT2D eigenvalue weighted by atomic mass is 15.2. The van der Waals surface area contributed by atoms with E-state index in [0.717, 1.165) is 5.82 Å². The molecule has 3 N–H and O–H groups in total. The van der Waals surface area contributed by atoms with Crippen molar-refractivity contribution in [1.29, 1.82) is 0 Å². The topological polar surface area (TPSA) is 67.6 Å². The van der Waals surface area contributed by atoms with E-state index in [1.807, 2.05) is 0 Å². The lowest BCUT2D eigenvalue weighted by molar-refractivity contribution is 0.591. The van der Waals surface area contributed by atoms with Crippen molar-refractivity contribution in [2.45, 2.75) is 25.8 Å². The monoisotopic (exact) mass is 152 g/mol. The summed E-state index contributed by atoms with van der Waals surface area (Å²) in [6.45, 7) is 4.29. The maximum atomic E-state index is 5.85. The van der Waals surface area contributed by atoms with Crippen LogP contribution in [0.5, 0.6) is 0 Å². The van der Waals surface area contributed by atoms with Crippen LogP contribution in [0.15, 0.2) is 6.33 Å². The first-order chi connectivity index (χ1) is 5.14. The molecule has 1 aliphatic rings. The number of nitrogens with one attached hydrogen (secondary N) is 1. The Bertz CT molecular complexity index is 251. The molecular formula is C7H12N4. The number of nitrogens with two attached hydrogens (primary N) is 1. The zero-order valence-electron chi connectivity index (χ0n) is 6.70. The van der Waals surface area contributed by atoms with E-state index in [0.29, 0.717) is 5.92 Å². The highest BCUT2D eigenvalue weighted by molar-refractivity contribution is 5.23. The molecule has 0 aliphatic heterocycles. The molecule has 1 fully saturated rings. The van der Waals surface area contributed by atoms with Gasteiger partial charge in [-0.2, -0.15) is 5.10 Å². The summed E-state index contributed by atoms with van der Waals surface area (Å²) in [7, 11) is 0. The van der Waals surface area contributed by atoms with Gasteiger partial charge in [0, 0.05) is 12.0 Å². The molecule has 1 heterocycles. The maximum absolute atomic E-state index is 5.85. The van der Waals surface area contributed by atoms with Crippen molar-refractivity contribution in [3.63, 3.8) is 0 Å². The van der Waals surface area contributed by atoms with Crippen LogP contribution in [0.4, 0.5) is 0 Å². The number of H-pyrrole nitrogens is 1. The normalized spacial score (nSPS) is 33.7. The molecule has 60 valence electrons. The summed E-state index contributed by atoms with van der Waals surface area (Å²) in [4.78, 5) is 4.08. The van der Waals surface area contributed by atoms with E-state index >= 15 is 0 Å². The molecule has 0 radical (unpaired) electrons. The molecule has 2 rings (SSSR count). The lowest BCUT2D eigenvalue weighted by Crippen LogP contribution is -2.06. The third-order valence-corrected chi connectivity index (χ3v) is 2.64. The lowest BCUT2D eigenvalue weighted by atomic mass is 10.1. The Labute approximate surface area is 65.2 Å². The molecule has 0 saturated heterocycles. The van der Waals surface area contributed by atoms with Crippen molar-refractivity contribution in [3.05, 3.63) is 12.2 Å². The predicted octanol–water partition coefficient (Wildman–Crippen LogP) is 0.255. The first kappa shape index (κ1) is 6.79. The van der Waals surface area contributed by atoms with E-state index in [1.54, 1.807) is 0 Å². The van der Waals surface area contributed by atoms with E-state index in [4.69, 9.17) is 5.73 Å². The van der Waals surface area contributed by atoms with Crippen molar-refractivity contribution in [3.8, 4) is 0 Å². The van der Waals surface area contributed by atoms with Crippen LogP contribution in [0.25, 0.3) is 0 Å². The highest BCUT2D eigenvalue weighted by Crippen LogP contribution is 2.55. The van der Waals surface area contributed by atoms with Crippen LogP contribution in [-0.2, 0) is 0 Å². The van der Waals surface area contributed by atoms with Crippen molar-refractivity contribution in [2.24, 2.45) is 11.1 Å². The minimum Gasteiger partial charge on any atom is -0.327 e. The maximum Gasteiger partial charge on any atom is 0.137 e. The standard InChI is InChI=1S/C7H12N4/c1-7(2)4(5(7)8)6-9-3-10-11-6/h3-5H,8H2,1-2H3,(H,9,10,11)/t4-,5+/m0/s1. The third kappa shape index (κ3) is 0.790. The van der Waals surface area contributed by atoms with Crippen LogP contribution in [0, 0.1) is 5.41 Å². The zero-order valence-corrected chi connectivity index (χ0v) is 6.70. The quantitative estimate of drug-likeness (QED) is 0.606. The Kier molecular flexibility index (Phi) is 1.12. The van der Waals surface area contributed by atoms with E-state index in [1.165, 1.54) is 6.33 Å². The first-order valence-electron chi connectivity index (χ1n) is 3.75. The number of hydrogen-bond donors (Lipinski definition) is 2. The Morgan fingerprint density at radius 2 is 2.27 bits per heavy atom. The summed E-state index contributed by atoms with van der Waals surface area (Å²) in [6, 6.07) is 0.232. The second kappa shape index (κ2) is 1.82. The van der Waals surface area contributed by atoms with Crippen molar-refractivity contribution < 1.29 is 0 Å². The van der Waals surface area contributed by atoms with Gasteiger partial charge in [-0.1, -0.05) is 13.8 Å². The molecule has 11 heavy (non-hydrogen) atoms. The second-order valence-electron chi connectivity index (χ2n) is 3.70. The summed E-state index contributed by atoms with van der Waals surface area (Å²) in [6.07, 6.45) is 1.52. The fourth-order valence-corrected chi connectivity index (χ4v) is 1.56. The summed E-state index contributed by atoms with van der Waals surface area (Å²) in [5.74, 6) is 1.28. The molecule has 4 nitrogen and oxygen atoms in total. The molecule has 1 aliphatic carbocycles. The molecule has 1 saturated carbocycles. The van der Waals surface area contributed by atoms with Crippen LogP contribution in [0.3, 0.4) is 0 Å². The van der Waals surface area contributed by atoms with E-state index < -0.39 is 0 Å². The van der Waals surface area contributed by atoms with Gasteiger partial charge in [-0.25, -0.2) is 4.98 Å². The fraction of sp³-hybridized carbons (Fsp3) is 0.714. The Morgan fingerprint density at radius 3 is 2.64 bits per heavy atom. The minimum atomic E-state index is 0.194. The molecule has 0 unspecified atom stereocenters. The van der Waals surface area contributed by atoms with Crippen LogP contribution in [0.1, 0.15) is 25.6 Å². The number of aromatic amines is 1. The molecule has 0 amide bonds. The van der Waals surface area contributed by atoms with Crippen LogP contribution < -0.4 is 5.73 Å². The molecule has 2 atom stereocenters. The third-order valence-electron chi connectivity index (χ3n) is 2.64. The number of aromatic nitrogens is 3. The van der Waals surface area contributed by atoms with E-state index in [9.17, 15) is 0 Å². The van der Waals surface area contributed by atoms with Crippen molar-refractivity contribution in [1.82, 2.24) is 15.2 Å². The van der Waals surface area contributed by atoms with Gasteiger partial charge in [-0.3, -0.25) is 5.10 Å². The van der Waals surface area contributed by atoms with Gasteiger partial charge >= 0.3 is 0 Å². The summed E-state index contributed by atoms with van der Waals surface area (Å²) < 4.78 is 0. The van der Waals surface area contributed by atoms with Gasteiger partial charge in [0.2, 0.25) is 0 Å². The van der Waals surface area contributed by atoms with Gasteiger partial charge in [0.1, 0.15) is 12.2 Å². The molecular weight excluding hydrogens is 140 g/mol. The van der Waals surface area contributed by atoms with Crippen LogP contribution in [-0.4, -0.2) is 21.2 Å². The van der Waals surface area contributed by atoms with Gasteiger partial charge < -0.3 is 5.73 Å². The summed E-state index contributed by atoms with van der Waals surface area (Å²) in [5.41, 5.74) is 6.04. The van der Waals surface area contributed by atoms with E-state index in [2.05, 4.69) is 29.0 Å². The van der Waals surface area contributed by atoms with Crippen molar-refractivity contribution >= 4 is 0 Å². The first-order valence-corrected chi connectivity index (χ1v) is 3.75. The molecule has 1 aromatic heterocycles. The average molecular weight is 152 g/mol. The molecule has 4 heteroatoms. The second-order valence-corrected chi connectivity index (χ2v) is 3.70. The van der Waals surface area contributed by atoms with Gasteiger partial charge in [-0.05, 0) is 5.41 Å². The highest BCUT2D eigenvalue weighted by Gasteiger charge is 2.57. The number of rotatable bonds is 1. The minimum absolute atomic E-state index is 0.194. The molecule has 1 aromatic rings. The molecule has 0 bridgehead atoms. The van der Waals surface area contributed by atoms with Gasteiger partial charge in [0.25, 0.3) is 0 Å². The largest absolute Gasteiger partial charge is 0.327 e. The van der Waals surface area contributed by atoms with Crippen LogP contribution in [0.2, 0.25) is 0 Å². The van der Waals surface area contributed by atoms with Gasteiger partial charge in [0.15, 0.2) is 0 Å². The Balaban J connectivity index is 2.23. The molecule has 0 spiro atoms. The van der Waals surface area contributed by atoms with Gasteiger partial charge in [-0.15, -0.1) is 0 Å². The predicted molar refractivity (Wildman–Crippen MR) is 40.9 cm³/mol. The number of hydrogen-bond acceptors (Lipinski definition) is 3. The SMILES string of the molecule is CC1(C)[C@H](N)[C@H]1c1ncn[nH]1. The Hall–Kier alpha value is -0.900. The zero-order chi connectivity index (χ0) is 8.06. The van der Waals surface area contributed by atoms with Crippen LogP contribution >= 0.6 is 0 Å². The van der Waals surface area contributed by atoms with E-state index in [-0.39, 0.29) is 11.5 Å². The smallest absolute Gasteiger partial charge is 0.137 e.